The van der Waals surface area contributed by atoms with Crippen molar-refractivity contribution in [3.8, 4) is 22.4 Å². The zero-order chi connectivity index (χ0) is 29.0. The summed E-state index contributed by atoms with van der Waals surface area (Å²) < 4.78 is 41.1. The monoisotopic (exact) mass is 556 g/mol. The van der Waals surface area contributed by atoms with E-state index in [0.717, 1.165) is 4.68 Å². The zero-order valence-corrected chi connectivity index (χ0v) is 21.9. The second-order valence-electron chi connectivity index (χ2n) is 10.1. The third-order valence-corrected chi connectivity index (χ3v) is 7.09. The molecule has 0 radical (unpaired) electrons. The first-order chi connectivity index (χ1) is 18.8. The minimum atomic E-state index is -4.78. The molecule has 1 saturated heterocycles. The highest BCUT2D eigenvalue weighted by atomic mass is 19.4. The molecule has 14 heteroatoms. The van der Waals surface area contributed by atoms with E-state index in [4.69, 9.17) is 5.73 Å². The molecule has 5 rings (SSSR count). The van der Waals surface area contributed by atoms with Crippen LogP contribution in [0.2, 0.25) is 0 Å². The Labute approximate surface area is 226 Å². The normalized spacial score (nSPS) is 16.5. The molecule has 1 aromatic carbocycles. The van der Waals surface area contributed by atoms with Gasteiger partial charge in [0.25, 0.3) is 5.91 Å². The molecule has 0 saturated carbocycles. The summed E-state index contributed by atoms with van der Waals surface area (Å²) in [6.07, 6.45) is -3.30. The largest absolute Gasteiger partial charge is 0.416 e. The van der Waals surface area contributed by atoms with Gasteiger partial charge < -0.3 is 20.6 Å². The number of nitrogen functional groups attached to an aromatic ring is 1. The number of amides is 2. The van der Waals surface area contributed by atoms with Gasteiger partial charge >= 0.3 is 6.18 Å². The van der Waals surface area contributed by atoms with Crippen LogP contribution < -0.4 is 10.6 Å². The van der Waals surface area contributed by atoms with Gasteiger partial charge in [0.05, 0.1) is 18.4 Å². The Hall–Kier alpha value is -4.46. The van der Waals surface area contributed by atoms with Crippen molar-refractivity contribution >= 4 is 28.8 Å². The summed E-state index contributed by atoms with van der Waals surface area (Å²) in [6, 6.07) is 9.02. The summed E-state index contributed by atoms with van der Waals surface area (Å²) in [5, 5.41) is 17.8. The summed E-state index contributed by atoms with van der Waals surface area (Å²) >= 11 is 0. The molecule has 40 heavy (non-hydrogen) atoms. The first-order valence-corrected chi connectivity index (χ1v) is 12.4. The summed E-state index contributed by atoms with van der Waals surface area (Å²) in [4.78, 5) is 32.7. The molecule has 1 fully saturated rings. The van der Waals surface area contributed by atoms with Gasteiger partial charge in [0.15, 0.2) is 11.9 Å². The number of carbonyl (C=O) groups excluding carboxylic acids is 2. The Bertz CT molecular complexity index is 1610. The Kier molecular flexibility index (Phi) is 6.53. The SMILES string of the molecule is CC(=O)N1CCN(c2cccc(-c3cc(-c4cnn(C[C@@H](O)C(F)(F)F)c4)c4c(N)ncnn34)c2)C(=O)C1(C)C. The number of rotatable bonds is 5. The molecule has 11 nitrogen and oxygen atoms in total. The molecule has 1 aliphatic rings. The van der Waals surface area contributed by atoms with Crippen LogP contribution >= 0.6 is 0 Å². The van der Waals surface area contributed by atoms with Gasteiger partial charge in [-0.3, -0.25) is 14.3 Å². The minimum absolute atomic E-state index is 0.146. The second-order valence-corrected chi connectivity index (χ2v) is 10.1. The molecule has 3 N–H and O–H groups in total. The Balaban J connectivity index is 1.54. The van der Waals surface area contributed by atoms with Crippen molar-refractivity contribution < 1.29 is 27.9 Å². The van der Waals surface area contributed by atoms with Crippen LogP contribution in [0, 0.1) is 0 Å². The van der Waals surface area contributed by atoms with Crippen LogP contribution in [0.25, 0.3) is 27.9 Å². The number of aliphatic hydroxyl groups is 1. The maximum atomic E-state index is 13.4. The highest BCUT2D eigenvalue weighted by Gasteiger charge is 2.43. The van der Waals surface area contributed by atoms with Gasteiger partial charge in [-0.05, 0) is 32.0 Å². The molecule has 0 aliphatic carbocycles. The third kappa shape index (κ3) is 4.63. The van der Waals surface area contributed by atoms with Crippen LogP contribution in [0.15, 0.2) is 49.1 Å². The molecule has 210 valence electrons. The van der Waals surface area contributed by atoms with Crippen molar-refractivity contribution in [2.24, 2.45) is 0 Å². The average Bonchev–Trinajstić information content (AvgIpc) is 3.50. The van der Waals surface area contributed by atoms with Crippen LogP contribution in [0.5, 0.6) is 0 Å². The van der Waals surface area contributed by atoms with Crippen molar-refractivity contribution in [1.82, 2.24) is 29.3 Å². The highest BCUT2D eigenvalue weighted by molar-refractivity contribution is 6.03. The maximum Gasteiger partial charge on any atom is 0.416 e. The fraction of sp³-hybridized carbons (Fsp3) is 0.346. The number of fused-ring (bicyclic) bond motifs is 1. The van der Waals surface area contributed by atoms with Crippen LogP contribution in [-0.2, 0) is 16.1 Å². The van der Waals surface area contributed by atoms with E-state index in [9.17, 15) is 27.9 Å². The van der Waals surface area contributed by atoms with Crippen LogP contribution in [0.1, 0.15) is 20.8 Å². The van der Waals surface area contributed by atoms with Gasteiger partial charge in [-0.15, -0.1) is 0 Å². The van der Waals surface area contributed by atoms with E-state index >= 15 is 0 Å². The summed E-state index contributed by atoms with van der Waals surface area (Å²) in [7, 11) is 0. The zero-order valence-electron chi connectivity index (χ0n) is 21.9. The van der Waals surface area contributed by atoms with Gasteiger partial charge in [-0.1, -0.05) is 12.1 Å². The van der Waals surface area contributed by atoms with E-state index in [0.29, 0.717) is 46.7 Å². The molecule has 0 bridgehead atoms. The van der Waals surface area contributed by atoms with Gasteiger partial charge in [-0.2, -0.15) is 23.4 Å². The quantitative estimate of drug-likeness (QED) is 0.386. The van der Waals surface area contributed by atoms with E-state index in [2.05, 4.69) is 15.2 Å². The van der Waals surface area contributed by atoms with Crippen LogP contribution in [0.3, 0.4) is 0 Å². The van der Waals surface area contributed by atoms with Gasteiger partial charge in [-0.25, -0.2) is 9.50 Å². The van der Waals surface area contributed by atoms with Crippen molar-refractivity contribution in [2.45, 2.75) is 45.1 Å². The van der Waals surface area contributed by atoms with Crippen molar-refractivity contribution in [3.63, 3.8) is 0 Å². The smallest absolute Gasteiger partial charge is 0.382 e. The van der Waals surface area contributed by atoms with E-state index in [1.807, 2.05) is 12.1 Å². The second kappa shape index (κ2) is 9.62. The van der Waals surface area contributed by atoms with Crippen molar-refractivity contribution in [2.75, 3.05) is 23.7 Å². The lowest BCUT2D eigenvalue weighted by molar-refractivity contribution is -0.208. The van der Waals surface area contributed by atoms with Crippen molar-refractivity contribution in [3.05, 3.63) is 49.1 Å². The molecular formula is C26H27F3N8O3. The summed E-state index contributed by atoms with van der Waals surface area (Å²) in [5.74, 6) is -0.243. The van der Waals surface area contributed by atoms with E-state index < -0.39 is 24.4 Å². The van der Waals surface area contributed by atoms with E-state index in [1.165, 1.54) is 25.6 Å². The standard InChI is InChI=1S/C26H27F3N8O3/c1-15(38)36-8-7-35(24(40)25(36,2)3)18-6-4-5-16(9-18)20-10-19(22-23(30)31-14-33-37(20)22)17-11-32-34(12-17)13-21(39)26(27,28)29/h4-6,9-12,14,21,39H,7-8,13H2,1-3H3,(H2,30,31,33)/t21-/m1/s1. The number of aromatic nitrogens is 5. The summed E-state index contributed by atoms with van der Waals surface area (Å²) in [5.41, 5.74) is 8.49. The highest BCUT2D eigenvalue weighted by Crippen LogP contribution is 2.36. The first kappa shape index (κ1) is 27.1. The molecule has 0 spiro atoms. The topological polar surface area (TPSA) is 135 Å². The summed E-state index contributed by atoms with van der Waals surface area (Å²) in [6.45, 7) is 4.81. The van der Waals surface area contributed by atoms with E-state index in [-0.39, 0.29) is 17.6 Å². The van der Waals surface area contributed by atoms with Gasteiger partial charge in [0.2, 0.25) is 5.91 Å². The maximum absolute atomic E-state index is 13.4. The molecule has 1 atom stereocenters. The Morgan fingerprint density at radius 2 is 1.93 bits per heavy atom. The molecule has 3 aromatic heterocycles. The predicted octanol–water partition coefficient (Wildman–Crippen LogP) is 2.74. The number of nitrogens with zero attached hydrogens (tertiary/aromatic N) is 7. The Morgan fingerprint density at radius 1 is 1.18 bits per heavy atom. The molecule has 1 aliphatic heterocycles. The van der Waals surface area contributed by atoms with Crippen LogP contribution in [-0.4, -0.2) is 77.1 Å². The number of carbonyl (C=O) groups is 2. The third-order valence-electron chi connectivity index (χ3n) is 7.09. The van der Waals surface area contributed by atoms with Crippen LogP contribution in [0.4, 0.5) is 24.7 Å². The molecule has 4 heterocycles. The average molecular weight is 557 g/mol. The number of anilines is 2. The lowest BCUT2D eigenvalue weighted by Gasteiger charge is -2.45. The lowest BCUT2D eigenvalue weighted by Crippen LogP contribution is -2.64. The molecule has 0 unspecified atom stereocenters. The fourth-order valence-corrected chi connectivity index (χ4v) is 5.03. The van der Waals surface area contributed by atoms with Crippen molar-refractivity contribution in [1.29, 1.82) is 0 Å². The number of benzene rings is 1. The van der Waals surface area contributed by atoms with E-state index in [1.54, 1.807) is 46.4 Å². The number of aliphatic hydroxyl groups excluding tert-OH is 1. The molecule has 2 amide bonds. The lowest BCUT2D eigenvalue weighted by atomic mass is 9.96. The van der Waals surface area contributed by atoms with Gasteiger partial charge in [0, 0.05) is 48.6 Å². The molecular weight excluding hydrogens is 529 g/mol. The predicted molar refractivity (Wildman–Crippen MR) is 140 cm³/mol. The van der Waals surface area contributed by atoms with Gasteiger partial charge in [0.1, 0.15) is 17.4 Å². The Morgan fingerprint density at radius 3 is 2.62 bits per heavy atom. The first-order valence-electron chi connectivity index (χ1n) is 12.4. The fourth-order valence-electron chi connectivity index (χ4n) is 5.03. The number of halogens is 3. The number of piperazine rings is 1. The minimum Gasteiger partial charge on any atom is -0.382 e. The number of hydrogen-bond acceptors (Lipinski definition) is 7. The number of hydrogen-bond donors (Lipinski definition) is 2. The molecule has 4 aromatic rings. The number of alkyl halides is 3. The number of nitrogens with two attached hydrogens (primary N) is 1.